The smallest absolute Gasteiger partial charge is 0.269 e. The van der Waals surface area contributed by atoms with Crippen LogP contribution in [0.3, 0.4) is 0 Å². The second-order valence-corrected chi connectivity index (χ2v) is 8.95. The van der Waals surface area contributed by atoms with Crippen LogP contribution in [0, 0.1) is 5.92 Å². The molecular formula is C21H32N6O3. The molecule has 9 heteroatoms. The molecule has 0 aromatic carbocycles. The second-order valence-electron chi connectivity index (χ2n) is 8.95. The molecule has 0 saturated carbocycles. The summed E-state index contributed by atoms with van der Waals surface area (Å²) in [7, 11) is 0. The summed E-state index contributed by atoms with van der Waals surface area (Å²) in [5.41, 5.74) is 0.782. The van der Waals surface area contributed by atoms with E-state index in [1.165, 1.54) is 0 Å². The van der Waals surface area contributed by atoms with Gasteiger partial charge >= 0.3 is 0 Å². The average molecular weight is 417 g/mol. The molecule has 30 heavy (non-hydrogen) atoms. The van der Waals surface area contributed by atoms with Gasteiger partial charge in [0.25, 0.3) is 5.56 Å². The van der Waals surface area contributed by atoms with Crippen LogP contribution in [-0.4, -0.2) is 62.2 Å². The van der Waals surface area contributed by atoms with Gasteiger partial charge in [0, 0.05) is 32.1 Å². The molecule has 164 valence electrons. The number of rotatable bonds is 6. The van der Waals surface area contributed by atoms with Gasteiger partial charge in [-0.3, -0.25) is 9.69 Å². The minimum Gasteiger partial charge on any atom is -0.393 e. The van der Waals surface area contributed by atoms with Crippen LogP contribution in [0.25, 0.3) is 0 Å². The van der Waals surface area contributed by atoms with E-state index in [-0.39, 0.29) is 17.7 Å². The monoisotopic (exact) mass is 416 g/mol. The van der Waals surface area contributed by atoms with E-state index < -0.39 is 0 Å². The fourth-order valence-corrected chi connectivity index (χ4v) is 4.34. The molecule has 0 radical (unpaired) electrons. The zero-order valence-electron chi connectivity index (χ0n) is 17.9. The highest BCUT2D eigenvalue weighted by molar-refractivity contribution is 5.43. The number of aliphatic hydroxyl groups is 1. The van der Waals surface area contributed by atoms with Gasteiger partial charge in [-0.1, -0.05) is 19.0 Å². The molecular weight excluding hydrogens is 384 g/mol. The van der Waals surface area contributed by atoms with Crippen LogP contribution in [0.4, 0.5) is 5.69 Å². The van der Waals surface area contributed by atoms with Crippen LogP contribution in [0.5, 0.6) is 0 Å². The molecule has 2 aliphatic rings. The number of likely N-dealkylation sites (tertiary alicyclic amines) is 1. The molecule has 9 nitrogen and oxygen atoms in total. The van der Waals surface area contributed by atoms with Crippen molar-refractivity contribution in [3.05, 3.63) is 34.3 Å². The van der Waals surface area contributed by atoms with Gasteiger partial charge in [-0.25, -0.2) is 4.68 Å². The fraction of sp³-hybridized carbons (Fsp3) is 0.714. The molecule has 0 amide bonds. The number of aliphatic hydroxyl groups excluding tert-OH is 1. The van der Waals surface area contributed by atoms with Crippen molar-refractivity contribution in [2.45, 2.75) is 64.6 Å². The number of hydrogen-bond donors (Lipinski definition) is 1. The van der Waals surface area contributed by atoms with Crippen molar-refractivity contribution in [2.75, 3.05) is 31.1 Å². The summed E-state index contributed by atoms with van der Waals surface area (Å²) < 4.78 is 6.97. The lowest BCUT2D eigenvalue weighted by molar-refractivity contribution is 0.145. The molecule has 2 aromatic heterocycles. The maximum absolute atomic E-state index is 12.8. The van der Waals surface area contributed by atoms with Gasteiger partial charge < -0.3 is 14.5 Å². The van der Waals surface area contributed by atoms with Crippen LogP contribution in [0.15, 0.2) is 21.6 Å². The van der Waals surface area contributed by atoms with Crippen molar-refractivity contribution in [1.82, 2.24) is 24.8 Å². The summed E-state index contributed by atoms with van der Waals surface area (Å²) in [5.74, 6) is 1.87. The van der Waals surface area contributed by atoms with E-state index in [0.717, 1.165) is 64.0 Å². The topological polar surface area (TPSA) is 101 Å². The summed E-state index contributed by atoms with van der Waals surface area (Å²) in [6.45, 7) is 8.10. The van der Waals surface area contributed by atoms with Crippen molar-refractivity contribution in [3.63, 3.8) is 0 Å². The van der Waals surface area contributed by atoms with E-state index >= 15 is 0 Å². The van der Waals surface area contributed by atoms with E-state index in [9.17, 15) is 9.90 Å². The largest absolute Gasteiger partial charge is 0.393 e. The minimum absolute atomic E-state index is 0.0468. The molecule has 2 aromatic rings. The Balaban J connectivity index is 1.39. The summed E-state index contributed by atoms with van der Waals surface area (Å²) in [6, 6.07) is 1.73. The quantitative estimate of drug-likeness (QED) is 0.758. The Bertz CT molecular complexity index is 887. The van der Waals surface area contributed by atoms with Crippen LogP contribution in [0.1, 0.15) is 57.3 Å². The second kappa shape index (κ2) is 9.26. The van der Waals surface area contributed by atoms with Gasteiger partial charge in [-0.05, 0) is 38.1 Å². The summed E-state index contributed by atoms with van der Waals surface area (Å²) in [6.07, 6.45) is 5.74. The Morgan fingerprint density at radius 3 is 2.77 bits per heavy atom. The van der Waals surface area contributed by atoms with Crippen molar-refractivity contribution < 1.29 is 9.63 Å². The maximum atomic E-state index is 12.8. The van der Waals surface area contributed by atoms with E-state index in [1.807, 2.05) is 0 Å². The predicted molar refractivity (Wildman–Crippen MR) is 112 cm³/mol. The molecule has 4 rings (SSSR count). The molecule has 1 atom stereocenters. The van der Waals surface area contributed by atoms with Crippen molar-refractivity contribution in [1.29, 1.82) is 0 Å². The SMILES string of the molecule is CC(C)Cc1nc(CN2CCC[C@@H](n3ncc(N4CCC(O)CC4)cc3=O)C2)no1. The minimum atomic E-state index is -0.233. The first-order valence-corrected chi connectivity index (χ1v) is 11.0. The Labute approximate surface area is 176 Å². The highest BCUT2D eigenvalue weighted by Crippen LogP contribution is 2.22. The first kappa shape index (κ1) is 21.0. The van der Waals surface area contributed by atoms with Gasteiger partial charge in [0.2, 0.25) is 5.89 Å². The highest BCUT2D eigenvalue weighted by Gasteiger charge is 2.25. The highest BCUT2D eigenvalue weighted by atomic mass is 16.5. The average Bonchev–Trinajstić information content (AvgIpc) is 3.14. The van der Waals surface area contributed by atoms with Gasteiger partial charge in [-0.2, -0.15) is 10.1 Å². The summed E-state index contributed by atoms with van der Waals surface area (Å²) in [5, 5.41) is 18.3. The van der Waals surface area contributed by atoms with Crippen LogP contribution >= 0.6 is 0 Å². The molecule has 1 N–H and O–H groups in total. The van der Waals surface area contributed by atoms with Crippen LogP contribution < -0.4 is 10.5 Å². The van der Waals surface area contributed by atoms with E-state index in [0.29, 0.717) is 24.2 Å². The Morgan fingerprint density at radius 1 is 1.23 bits per heavy atom. The molecule has 2 fully saturated rings. The number of hydrogen-bond acceptors (Lipinski definition) is 8. The molecule has 4 heterocycles. The van der Waals surface area contributed by atoms with Crippen molar-refractivity contribution >= 4 is 5.69 Å². The third-order valence-electron chi connectivity index (χ3n) is 5.93. The molecule has 0 aliphatic carbocycles. The van der Waals surface area contributed by atoms with Crippen molar-refractivity contribution in [3.8, 4) is 0 Å². The standard InChI is InChI=1S/C21H32N6O3/c1-15(2)10-20-23-19(24-30-20)14-25-7-3-4-16(13-25)27-21(29)11-17(12-22-27)26-8-5-18(28)6-9-26/h11-12,15-16,18,28H,3-10,13-14H2,1-2H3/t16-/m1/s1. The number of nitrogens with zero attached hydrogens (tertiary/aromatic N) is 6. The number of anilines is 1. The lowest BCUT2D eigenvalue weighted by atomic mass is 10.1. The van der Waals surface area contributed by atoms with E-state index in [2.05, 4.69) is 38.9 Å². The third kappa shape index (κ3) is 5.07. The summed E-state index contributed by atoms with van der Waals surface area (Å²) >= 11 is 0. The Morgan fingerprint density at radius 2 is 2.03 bits per heavy atom. The molecule has 2 saturated heterocycles. The first-order valence-electron chi connectivity index (χ1n) is 11.0. The molecule has 2 aliphatic heterocycles. The van der Waals surface area contributed by atoms with E-state index in [1.54, 1.807) is 16.9 Å². The zero-order chi connectivity index (χ0) is 21.1. The zero-order valence-corrected chi connectivity index (χ0v) is 17.9. The van der Waals surface area contributed by atoms with Gasteiger partial charge in [0.05, 0.1) is 30.6 Å². The van der Waals surface area contributed by atoms with Crippen LogP contribution in [0.2, 0.25) is 0 Å². The van der Waals surface area contributed by atoms with E-state index in [4.69, 9.17) is 4.52 Å². The lowest BCUT2D eigenvalue weighted by Crippen LogP contribution is -2.41. The van der Waals surface area contributed by atoms with Gasteiger partial charge in [-0.15, -0.1) is 0 Å². The number of aromatic nitrogens is 4. The molecule has 0 spiro atoms. The Hall–Kier alpha value is -2.26. The van der Waals surface area contributed by atoms with Crippen LogP contribution in [-0.2, 0) is 13.0 Å². The van der Waals surface area contributed by atoms with Gasteiger partial charge in [0.15, 0.2) is 5.82 Å². The maximum Gasteiger partial charge on any atom is 0.269 e. The fourth-order valence-electron chi connectivity index (χ4n) is 4.34. The lowest BCUT2D eigenvalue weighted by Gasteiger charge is -2.33. The predicted octanol–water partition coefficient (Wildman–Crippen LogP) is 1.62. The molecule has 0 bridgehead atoms. The first-order chi connectivity index (χ1) is 14.5. The Kier molecular flexibility index (Phi) is 6.48. The summed E-state index contributed by atoms with van der Waals surface area (Å²) in [4.78, 5) is 21.7. The third-order valence-corrected chi connectivity index (χ3v) is 5.93. The normalized spacial score (nSPS) is 21.5. The van der Waals surface area contributed by atoms with Gasteiger partial charge in [0.1, 0.15) is 0 Å². The molecule has 0 unspecified atom stereocenters. The van der Waals surface area contributed by atoms with Crippen molar-refractivity contribution in [2.24, 2.45) is 5.92 Å². The number of piperidine rings is 2.